The highest BCUT2D eigenvalue weighted by molar-refractivity contribution is 7.89. The Bertz CT molecular complexity index is 873. The number of thiophene rings is 1. The summed E-state index contributed by atoms with van der Waals surface area (Å²) < 4.78 is 27.0. The molecule has 0 aliphatic carbocycles. The predicted molar refractivity (Wildman–Crippen MR) is 106 cm³/mol. The van der Waals surface area contributed by atoms with Crippen molar-refractivity contribution in [3.8, 4) is 0 Å². The molecule has 27 heavy (non-hydrogen) atoms. The van der Waals surface area contributed by atoms with E-state index in [0.29, 0.717) is 30.8 Å². The minimum absolute atomic E-state index is 0.0761. The lowest BCUT2D eigenvalue weighted by atomic mass is 9.96. The number of sulfonamides is 1. The van der Waals surface area contributed by atoms with Gasteiger partial charge >= 0.3 is 0 Å². The van der Waals surface area contributed by atoms with E-state index >= 15 is 0 Å². The average Bonchev–Trinajstić information content (AvgIpc) is 3.39. The zero-order valence-corrected chi connectivity index (χ0v) is 16.8. The van der Waals surface area contributed by atoms with E-state index in [1.54, 1.807) is 35.6 Å². The van der Waals surface area contributed by atoms with Crippen LogP contribution in [0.5, 0.6) is 0 Å². The summed E-state index contributed by atoms with van der Waals surface area (Å²) in [5.41, 5.74) is 0. The van der Waals surface area contributed by atoms with Crippen LogP contribution < -0.4 is 0 Å². The Morgan fingerprint density at radius 2 is 1.70 bits per heavy atom. The van der Waals surface area contributed by atoms with Gasteiger partial charge in [-0.3, -0.25) is 4.79 Å². The normalized spacial score (nSPS) is 22.2. The van der Waals surface area contributed by atoms with Gasteiger partial charge in [0.25, 0.3) is 0 Å². The van der Waals surface area contributed by atoms with Gasteiger partial charge in [-0.1, -0.05) is 24.3 Å². The second-order valence-corrected chi connectivity index (χ2v) is 10.1. The number of nitrogens with zero attached hydrogens (tertiary/aromatic N) is 2. The molecule has 0 unspecified atom stereocenters. The van der Waals surface area contributed by atoms with E-state index < -0.39 is 10.0 Å². The maximum Gasteiger partial charge on any atom is 0.243 e. The third kappa shape index (κ3) is 3.68. The Labute approximate surface area is 164 Å². The second-order valence-electron chi connectivity index (χ2n) is 7.20. The Morgan fingerprint density at radius 3 is 2.37 bits per heavy atom. The Kier molecular flexibility index (Phi) is 5.34. The molecule has 0 N–H and O–H groups in total. The third-order valence-corrected chi connectivity index (χ3v) is 8.48. The van der Waals surface area contributed by atoms with Crippen molar-refractivity contribution in [2.75, 3.05) is 19.6 Å². The van der Waals surface area contributed by atoms with Gasteiger partial charge in [0.2, 0.25) is 15.9 Å². The number of likely N-dealkylation sites (tertiary alicyclic amines) is 1. The highest BCUT2D eigenvalue weighted by Gasteiger charge is 2.37. The van der Waals surface area contributed by atoms with Gasteiger partial charge in [-0.15, -0.1) is 11.3 Å². The summed E-state index contributed by atoms with van der Waals surface area (Å²) in [6.45, 7) is 1.63. The first-order chi connectivity index (χ1) is 13.1. The number of carbonyl (C=O) groups is 1. The summed E-state index contributed by atoms with van der Waals surface area (Å²) in [5, 5.41) is 2.06. The summed E-state index contributed by atoms with van der Waals surface area (Å²) in [7, 11) is -3.47. The number of rotatable bonds is 4. The molecule has 144 valence electrons. The van der Waals surface area contributed by atoms with Crippen molar-refractivity contribution in [2.45, 2.75) is 36.6 Å². The van der Waals surface area contributed by atoms with Crippen molar-refractivity contribution < 1.29 is 13.2 Å². The number of amides is 1. The number of hydrogen-bond acceptors (Lipinski definition) is 4. The standard InChI is InChI=1S/C20H24N2O3S2/c23-20(22-12-4-8-18(22)19-9-5-15-26-19)16-10-13-21(14-11-16)27(24,25)17-6-2-1-3-7-17/h1-3,5-7,9,15-16,18H,4,8,10-14H2/t18-/m0/s1. The fraction of sp³-hybridized carbons (Fsp3) is 0.450. The summed E-state index contributed by atoms with van der Waals surface area (Å²) in [4.78, 5) is 16.7. The fourth-order valence-electron chi connectivity index (χ4n) is 4.13. The maximum absolute atomic E-state index is 13.1. The Balaban J connectivity index is 1.41. The molecule has 2 saturated heterocycles. The highest BCUT2D eigenvalue weighted by atomic mass is 32.2. The Hall–Kier alpha value is -1.70. The van der Waals surface area contributed by atoms with Crippen molar-refractivity contribution in [1.29, 1.82) is 0 Å². The predicted octanol–water partition coefficient (Wildman–Crippen LogP) is 3.51. The molecule has 2 fully saturated rings. The van der Waals surface area contributed by atoms with E-state index in [-0.39, 0.29) is 17.9 Å². The molecular formula is C20H24N2O3S2. The van der Waals surface area contributed by atoms with Crippen LogP contribution in [0.3, 0.4) is 0 Å². The summed E-state index contributed by atoms with van der Waals surface area (Å²) >= 11 is 1.71. The van der Waals surface area contributed by atoms with Gasteiger partial charge in [-0.25, -0.2) is 8.42 Å². The molecule has 1 atom stereocenters. The summed E-state index contributed by atoms with van der Waals surface area (Å²) in [6, 6.07) is 12.9. The van der Waals surface area contributed by atoms with E-state index in [1.165, 1.54) is 9.18 Å². The molecule has 0 radical (unpaired) electrons. The molecule has 4 rings (SSSR count). The van der Waals surface area contributed by atoms with E-state index in [2.05, 4.69) is 11.4 Å². The van der Waals surface area contributed by atoms with Gasteiger partial charge < -0.3 is 4.90 Å². The maximum atomic E-state index is 13.1. The monoisotopic (exact) mass is 404 g/mol. The smallest absolute Gasteiger partial charge is 0.243 e. The van der Waals surface area contributed by atoms with Crippen molar-refractivity contribution in [3.63, 3.8) is 0 Å². The van der Waals surface area contributed by atoms with E-state index in [1.807, 2.05) is 17.0 Å². The van der Waals surface area contributed by atoms with Crippen LogP contribution in [0.1, 0.15) is 36.6 Å². The van der Waals surface area contributed by atoms with Crippen LogP contribution in [-0.2, 0) is 14.8 Å². The minimum Gasteiger partial charge on any atom is -0.335 e. The van der Waals surface area contributed by atoms with Gasteiger partial charge in [-0.2, -0.15) is 4.31 Å². The van der Waals surface area contributed by atoms with Crippen LogP contribution in [-0.4, -0.2) is 43.2 Å². The van der Waals surface area contributed by atoms with Crippen molar-refractivity contribution in [2.24, 2.45) is 5.92 Å². The molecule has 1 aromatic heterocycles. The van der Waals surface area contributed by atoms with Gasteiger partial charge in [0.15, 0.2) is 0 Å². The molecule has 3 heterocycles. The molecule has 7 heteroatoms. The van der Waals surface area contributed by atoms with E-state index in [9.17, 15) is 13.2 Å². The molecule has 2 aliphatic rings. The average molecular weight is 405 g/mol. The van der Waals surface area contributed by atoms with Crippen LogP contribution >= 0.6 is 11.3 Å². The van der Waals surface area contributed by atoms with Crippen LogP contribution in [0.25, 0.3) is 0 Å². The van der Waals surface area contributed by atoms with Gasteiger partial charge in [0, 0.05) is 30.4 Å². The molecular weight excluding hydrogens is 380 g/mol. The largest absolute Gasteiger partial charge is 0.335 e. The minimum atomic E-state index is -3.47. The molecule has 0 spiro atoms. The first-order valence-corrected chi connectivity index (χ1v) is 11.8. The lowest BCUT2D eigenvalue weighted by molar-refractivity contribution is -0.137. The lowest BCUT2D eigenvalue weighted by Crippen LogP contribution is -2.44. The molecule has 2 aliphatic heterocycles. The fourth-order valence-corrected chi connectivity index (χ4v) is 6.49. The molecule has 2 aromatic rings. The van der Waals surface area contributed by atoms with E-state index in [4.69, 9.17) is 0 Å². The summed E-state index contributed by atoms with van der Waals surface area (Å²) in [5.74, 6) is 0.121. The van der Waals surface area contributed by atoms with Crippen LogP contribution in [0.4, 0.5) is 0 Å². The van der Waals surface area contributed by atoms with Crippen molar-refractivity contribution >= 4 is 27.3 Å². The van der Waals surface area contributed by atoms with Crippen molar-refractivity contribution in [3.05, 3.63) is 52.7 Å². The molecule has 0 bridgehead atoms. The third-order valence-electron chi connectivity index (χ3n) is 5.59. The van der Waals surface area contributed by atoms with Crippen LogP contribution in [0, 0.1) is 5.92 Å². The Morgan fingerprint density at radius 1 is 0.963 bits per heavy atom. The van der Waals surface area contributed by atoms with Crippen LogP contribution in [0.15, 0.2) is 52.7 Å². The van der Waals surface area contributed by atoms with Crippen LogP contribution in [0.2, 0.25) is 0 Å². The van der Waals surface area contributed by atoms with Gasteiger partial charge in [0.1, 0.15) is 0 Å². The van der Waals surface area contributed by atoms with E-state index in [0.717, 1.165) is 19.4 Å². The first-order valence-electron chi connectivity index (χ1n) is 9.46. The topological polar surface area (TPSA) is 57.7 Å². The summed E-state index contributed by atoms with van der Waals surface area (Å²) in [6.07, 6.45) is 3.25. The van der Waals surface area contributed by atoms with Gasteiger partial charge in [-0.05, 0) is 49.3 Å². The molecule has 1 aromatic carbocycles. The number of piperidine rings is 1. The highest BCUT2D eigenvalue weighted by Crippen LogP contribution is 2.37. The SMILES string of the molecule is O=C(C1CCN(S(=O)(=O)c2ccccc2)CC1)N1CCC[C@H]1c1cccs1. The lowest BCUT2D eigenvalue weighted by Gasteiger charge is -2.34. The quantitative estimate of drug-likeness (QED) is 0.784. The van der Waals surface area contributed by atoms with Crippen molar-refractivity contribution in [1.82, 2.24) is 9.21 Å². The first kappa shape index (κ1) is 18.7. The zero-order valence-electron chi connectivity index (χ0n) is 15.2. The second kappa shape index (κ2) is 7.73. The molecule has 5 nitrogen and oxygen atoms in total. The number of carbonyl (C=O) groups excluding carboxylic acids is 1. The molecule has 0 saturated carbocycles. The number of hydrogen-bond donors (Lipinski definition) is 0. The molecule has 1 amide bonds. The van der Waals surface area contributed by atoms with Gasteiger partial charge in [0.05, 0.1) is 10.9 Å². The zero-order chi connectivity index (χ0) is 18.9. The number of benzene rings is 1.